The van der Waals surface area contributed by atoms with Crippen molar-refractivity contribution in [2.75, 3.05) is 12.0 Å². The number of benzene rings is 2. The molecular weight excluding hydrogens is 383 g/mol. The maximum Gasteiger partial charge on any atom is 0.231 e. The maximum atomic E-state index is 13.5. The highest BCUT2D eigenvalue weighted by Crippen LogP contribution is 2.42. The second-order valence-corrected chi connectivity index (χ2v) is 7.96. The van der Waals surface area contributed by atoms with Crippen molar-refractivity contribution in [2.45, 2.75) is 38.8 Å². The molecule has 156 valence electrons. The van der Waals surface area contributed by atoms with E-state index >= 15 is 0 Å². The van der Waals surface area contributed by atoms with Crippen LogP contribution < -0.4 is 9.64 Å². The van der Waals surface area contributed by atoms with Crippen LogP contribution in [0.1, 0.15) is 49.9 Å². The number of carbonyl (C=O) groups is 1. The van der Waals surface area contributed by atoms with Crippen LogP contribution in [0.2, 0.25) is 0 Å². The lowest BCUT2D eigenvalue weighted by Crippen LogP contribution is -2.43. The summed E-state index contributed by atoms with van der Waals surface area (Å²) in [4.78, 5) is 19.4. The normalized spacial score (nSPS) is 18.4. The van der Waals surface area contributed by atoms with Gasteiger partial charge in [-0.1, -0.05) is 38.1 Å². The summed E-state index contributed by atoms with van der Waals surface area (Å²) in [5.41, 5.74) is 1.92. The van der Waals surface area contributed by atoms with Crippen molar-refractivity contribution in [3.8, 4) is 5.75 Å². The van der Waals surface area contributed by atoms with E-state index in [1.54, 1.807) is 28.8 Å². The van der Waals surface area contributed by atoms with Crippen LogP contribution in [0.5, 0.6) is 5.75 Å². The minimum atomic E-state index is -0.284. The Morgan fingerprint density at radius 1 is 1.10 bits per heavy atom. The van der Waals surface area contributed by atoms with E-state index in [4.69, 9.17) is 4.74 Å². The second kappa shape index (κ2) is 8.26. The van der Waals surface area contributed by atoms with E-state index in [1.807, 2.05) is 38.1 Å². The monoisotopic (exact) mass is 408 g/mol. The van der Waals surface area contributed by atoms with Crippen LogP contribution in [0.3, 0.4) is 0 Å². The van der Waals surface area contributed by atoms with Crippen molar-refractivity contribution >= 4 is 11.9 Å². The number of rotatable bonds is 5. The highest BCUT2D eigenvalue weighted by atomic mass is 19.1. The quantitative estimate of drug-likeness (QED) is 0.622. The van der Waals surface area contributed by atoms with Crippen LogP contribution in [-0.4, -0.2) is 27.8 Å². The molecular formula is C23H25FN4O2. The summed E-state index contributed by atoms with van der Waals surface area (Å²) >= 11 is 0. The van der Waals surface area contributed by atoms with Crippen molar-refractivity contribution in [1.82, 2.24) is 14.8 Å². The summed E-state index contributed by atoms with van der Waals surface area (Å²) in [5.74, 6) is 1.22. The highest BCUT2D eigenvalue weighted by Gasteiger charge is 2.39. The minimum Gasteiger partial charge on any atom is -0.497 e. The van der Waals surface area contributed by atoms with Crippen molar-refractivity contribution in [1.29, 1.82) is 0 Å². The van der Waals surface area contributed by atoms with Crippen LogP contribution in [0.25, 0.3) is 0 Å². The van der Waals surface area contributed by atoms with Crippen molar-refractivity contribution in [2.24, 2.45) is 5.92 Å². The first-order valence-electron chi connectivity index (χ1n) is 10.1. The van der Waals surface area contributed by atoms with Gasteiger partial charge in [0.25, 0.3) is 0 Å². The Morgan fingerprint density at radius 3 is 2.37 bits per heavy atom. The van der Waals surface area contributed by atoms with Crippen LogP contribution in [-0.2, 0) is 4.79 Å². The Hall–Kier alpha value is -3.22. The van der Waals surface area contributed by atoms with E-state index < -0.39 is 0 Å². The highest BCUT2D eigenvalue weighted by molar-refractivity contribution is 5.93. The number of amides is 1. The van der Waals surface area contributed by atoms with Crippen molar-refractivity contribution in [3.63, 3.8) is 0 Å². The van der Waals surface area contributed by atoms with Crippen LogP contribution in [0.4, 0.5) is 10.3 Å². The van der Waals surface area contributed by atoms with Gasteiger partial charge in [0.15, 0.2) is 0 Å². The van der Waals surface area contributed by atoms with Gasteiger partial charge in [0, 0.05) is 6.42 Å². The molecule has 6 nitrogen and oxygen atoms in total. The van der Waals surface area contributed by atoms with E-state index in [1.165, 1.54) is 18.5 Å². The van der Waals surface area contributed by atoms with Gasteiger partial charge in [0.1, 0.15) is 17.9 Å². The zero-order chi connectivity index (χ0) is 21.3. The number of aromatic nitrogens is 3. The molecule has 4 rings (SSSR count). The predicted molar refractivity (Wildman–Crippen MR) is 112 cm³/mol. The number of hydrogen-bond acceptors (Lipinski definition) is 4. The predicted octanol–water partition coefficient (Wildman–Crippen LogP) is 4.54. The third kappa shape index (κ3) is 3.79. The standard InChI is InChI=1S/C23H25FN4O2/c1-15(2)12-22(29)27-20(16-6-10-19(30-3)11-7-16)13-21(28-23(27)25-14-26-28)17-4-8-18(24)9-5-17/h4-11,14-15,20-21H,12-13H2,1-3H3/t20-,21+/m0/s1. The van der Waals surface area contributed by atoms with Gasteiger partial charge in [-0.05, 0) is 47.7 Å². The van der Waals surface area contributed by atoms with E-state index in [0.29, 0.717) is 18.8 Å². The molecule has 0 saturated carbocycles. The number of nitrogens with zero attached hydrogens (tertiary/aromatic N) is 4. The average molecular weight is 408 g/mol. The van der Waals surface area contributed by atoms with Gasteiger partial charge in [-0.2, -0.15) is 10.1 Å². The summed E-state index contributed by atoms with van der Waals surface area (Å²) in [6.07, 6.45) is 2.50. The molecule has 1 aromatic heterocycles. The minimum absolute atomic E-state index is 0.0117. The SMILES string of the molecule is COc1ccc([C@@H]2C[C@H](c3ccc(F)cc3)n3ncnc3N2C(=O)CC(C)C)cc1. The smallest absolute Gasteiger partial charge is 0.231 e. The van der Waals surface area contributed by atoms with Gasteiger partial charge in [0.05, 0.1) is 19.2 Å². The third-order valence-corrected chi connectivity index (χ3v) is 5.43. The fourth-order valence-electron chi connectivity index (χ4n) is 4.00. The molecule has 3 aromatic rings. The van der Waals surface area contributed by atoms with Crippen LogP contribution in [0, 0.1) is 11.7 Å². The van der Waals surface area contributed by atoms with E-state index in [9.17, 15) is 9.18 Å². The molecule has 2 aromatic carbocycles. The van der Waals surface area contributed by atoms with Gasteiger partial charge < -0.3 is 4.74 Å². The molecule has 0 N–H and O–H groups in total. The fraction of sp³-hybridized carbons (Fsp3) is 0.348. The van der Waals surface area contributed by atoms with Crippen LogP contribution >= 0.6 is 0 Å². The molecule has 0 aliphatic carbocycles. The second-order valence-electron chi connectivity index (χ2n) is 7.96. The molecule has 0 bridgehead atoms. The molecule has 2 heterocycles. The Morgan fingerprint density at radius 2 is 1.73 bits per heavy atom. The summed E-state index contributed by atoms with van der Waals surface area (Å²) in [5, 5.41) is 4.40. The first kappa shape index (κ1) is 20.1. The fourth-order valence-corrected chi connectivity index (χ4v) is 4.00. The van der Waals surface area contributed by atoms with Gasteiger partial charge in [-0.25, -0.2) is 9.07 Å². The van der Waals surface area contributed by atoms with Gasteiger partial charge in [-0.15, -0.1) is 0 Å². The van der Waals surface area contributed by atoms with Crippen LogP contribution in [0.15, 0.2) is 54.9 Å². The zero-order valence-electron chi connectivity index (χ0n) is 17.3. The molecule has 2 atom stereocenters. The summed E-state index contributed by atoms with van der Waals surface area (Å²) in [6, 6.07) is 13.8. The lowest BCUT2D eigenvalue weighted by molar-refractivity contribution is -0.120. The van der Waals surface area contributed by atoms with Gasteiger partial charge >= 0.3 is 0 Å². The molecule has 0 radical (unpaired) electrons. The third-order valence-electron chi connectivity index (χ3n) is 5.43. The molecule has 0 unspecified atom stereocenters. The van der Waals surface area contributed by atoms with E-state index in [0.717, 1.165) is 16.9 Å². The van der Waals surface area contributed by atoms with Crippen molar-refractivity contribution < 1.29 is 13.9 Å². The van der Waals surface area contributed by atoms with E-state index in [2.05, 4.69) is 10.1 Å². The number of hydrogen-bond donors (Lipinski definition) is 0. The maximum absolute atomic E-state index is 13.5. The van der Waals surface area contributed by atoms with Gasteiger partial charge in [-0.3, -0.25) is 9.69 Å². The first-order valence-corrected chi connectivity index (χ1v) is 10.1. The number of carbonyl (C=O) groups excluding carboxylic acids is 1. The lowest BCUT2D eigenvalue weighted by Gasteiger charge is -2.39. The largest absolute Gasteiger partial charge is 0.497 e. The topological polar surface area (TPSA) is 60.2 Å². The summed E-state index contributed by atoms with van der Waals surface area (Å²) < 4.78 is 20.5. The Bertz CT molecular complexity index is 1010. The van der Waals surface area contributed by atoms with E-state index in [-0.39, 0.29) is 29.7 Å². The summed E-state index contributed by atoms with van der Waals surface area (Å²) in [7, 11) is 1.63. The summed E-state index contributed by atoms with van der Waals surface area (Å²) in [6.45, 7) is 4.05. The zero-order valence-corrected chi connectivity index (χ0v) is 17.3. The molecule has 1 aliphatic heterocycles. The Labute approximate surface area is 175 Å². The molecule has 30 heavy (non-hydrogen) atoms. The number of ether oxygens (including phenoxy) is 1. The number of fused-ring (bicyclic) bond motifs is 1. The Kier molecular flexibility index (Phi) is 5.53. The lowest BCUT2D eigenvalue weighted by atomic mass is 9.91. The Balaban J connectivity index is 1.80. The van der Waals surface area contributed by atoms with Gasteiger partial charge in [0.2, 0.25) is 11.9 Å². The van der Waals surface area contributed by atoms with Crippen molar-refractivity contribution in [3.05, 3.63) is 71.8 Å². The number of halogens is 1. The number of methoxy groups -OCH3 is 1. The number of anilines is 1. The molecule has 0 spiro atoms. The molecule has 7 heteroatoms. The molecule has 1 aliphatic rings. The molecule has 0 fully saturated rings. The molecule has 1 amide bonds. The first-order chi connectivity index (χ1) is 14.5. The average Bonchev–Trinajstić information content (AvgIpc) is 3.22. The molecule has 0 saturated heterocycles.